The number of nitrogens with two attached hydrogens (primary N) is 1. The summed E-state index contributed by atoms with van der Waals surface area (Å²) >= 11 is 0. The van der Waals surface area contributed by atoms with Crippen LogP contribution in [0, 0.1) is 0 Å². The Morgan fingerprint density at radius 2 is 1.94 bits per heavy atom. The number of H-pyrrole nitrogens is 1. The minimum Gasteiger partial charge on any atom is -0.481 e. The van der Waals surface area contributed by atoms with Gasteiger partial charge in [-0.25, -0.2) is 4.79 Å². The summed E-state index contributed by atoms with van der Waals surface area (Å²) < 4.78 is 0. The molecule has 1 saturated heterocycles. The van der Waals surface area contributed by atoms with Crippen molar-refractivity contribution in [1.29, 1.82) is 0 Å². The van der Waals surface area contributed by atoms with E-state index >= 15 is 0 Å². The Kier molecular flexibility index (Phi) is 7.69. The predicted molar refractivity (Wildman–Crippen MR) is 124 cm³/mol. The van der Waals surface area contributed by atoms with Crippen molar-refractivity contribution in [2.45, 2.75) is 24.9 Å². The number of aromatic amines is 1. The fourth-order valence-corrected chi connectivity index (χ4v) is 4.00. The molecule has 2 atom stereocenters. The van der Waals surface area contributed by atoms with Crippen LogP contribution in [-0.4, -0.2) is 99.4 Å². The molecule has 1 aromatic heterocycles. The summed E-state index contributed by atoms with van der Waals surface area (Å²) in [6.07, 6.45) is -0.583. The van der Waals surface area contributed by atoms with E-state index in [0.29, 0.717) is 31.3 Å². The molecule has 14 heteroatoms. The first kappa shape index (κ1) is 25.3. The van der Waals surface area contributed by atoms with Crippen LogP contribution in [0.2, 0.25) is 0 Å². The van der Waals surface area contributed by atoms with Crippen LogP contribution in [0.3, 0.4) is 0 Å². The molecule has 34 heavy (non-hydrogen) atoms. The fourth-order valence-electron chi connectivity index (χ4n) is 4.00. The molecule has 2 aromatic rings. The SMILES string of the molecule is Nc1nc2c(c(=O)[nH]1)N1CN(c3ccc(C(=O)N[C@@H](CCC(=O)O)C(=O)O)cc3)CC1CN2.[Na]. The third-order valence-electron chi connectivity index (χ3n) is 5.65. The van der Waals surface area contributed by atoms with E-state index in [-0.39, 0.29) is 65.5 Å². The van der Waals surface area contributed by atoms with Gasteiger partial charge in [-0.3, -0.25) is 19.4 Å². The molecule has 1 amide bonds. The largest absolute Gasteiger partial charge is 0.481 e. The van der Waals surface area contributed by atoms with E-state index in [1.54, 1.807) is 24.3 Å². The number of amides is 1. The van der Waals surface area contributed by atoms with Gasteiger partial charge in [0, 0.05) is 60.3 Å². The molecule has 2 aliphatic heterocycles. The number of hydrogen-bond acceptors (Lipinski definition) is 9. The summed E-state index contributed by atoms with van der Waals surface area (Å²) in [5.41, 5.74) is 6.81. The van der Waals surface area contributed by atoms with E-state index in [0.717, 1.165) is 5.69 Å². The molecule has 4 rings (SSSR count). The van der Waals surface area contributed by atoms with Crippen LogP contribution in [0.4, 0.5) is 23.1 Å². The van der Waals surface area contributed by atoms with Crippen LogP contribution < -0.4 is 31.7 Å². The van der Waals surface area contributed by atoms with Crippen molar-refractivity contribution in [1.82, 2.24) is 15.3 Å². The van der Waals surface area contributed by atoms with Crippen LogP contribution in [0.5, 0.6) is 0 Å². The smallest absolute Gasteiger partial charge is 0.326 e. The molecule has 1 unspecified atom stereocenters. The maximum absolute atomic E-state index is 12.4. The Morgan fingerprint density at radius 1 is 1.24 bits per heavy atom. The minimum absolute atomic E-state index is 0. The molecular formula is C20H23N7NaO6. The number of nitrogens with one attached hydrogen (secondary N) is 3. The van der Waals surface area contributed by atoms with Crippen LogP contribution in [0.15, 0.2) is 29.1 Å². The number of carboxylic acid groups (broad SMARTS) is 2. The first-order valence-electron chi connectivity index (χ1n) is 10.2. The zero-order valence-electron chi connectivity index (χ0n) is 18.4. The zero-order valence-corrected chi connectivity index (χ0v) is 20.4. The molecule has 2 aliphatic rings. The summed E-state index contributed by atoms with van der Waals surface area (Å²) in [6, 6.07) is 5.35. The number of carbonyl (C=O) groups excluding carboxylic acids is 1. The molecule has 1 fully saturated rings. The monoisotopic (exact) mass is 480 g/mol. The number of nitrogens with zero attached hydrogens (tertiary/aromatic N) is 3. The number of rotatable bonds is 7. The van der Waals surface area contributed by atoms with Crippen LogP contribution >= 0.6 is 0 Å². The van der Waals surface area contributed by atoms with Gasteiger partial charge >= 0.3 is 11.9 Å². The number of aliphatic carboxylic acids is 2. The van der Waals surface area contributed by atoms with Gasteiger partial charge in [-0.1, -0.05) is 0 Å². The van der Waals surface area contributed by atoms with Crippen LogP contribution in [0.25, 0.3) is 0 Å². The quantitative estimate of drug-likeness (QED) is 0.269. The van der Waals surface area contributed by atoms with Gasteiger partial charge in [0.2, 0.25) is 5.95 Å². The fraction of sp³-hybridized carbons (Fsp3) is 0.350. The van der Waals surface area contributed by atoms with Gasteiger partial charge in [-0.05, 0) is 30.7 Å². The van der Waals surface area contributed by atoms with Gasteiger partial charge in [-0.2, -0.15) is 4.98 Å². The minimum atomic E-state index is -1.30. The van der Waals surface area contributed by atoms with Gasteiger partial charge in [0.05, 0.1) is 12.7 Å². The van der Waals surface area contributed by atoms with Crippen molar-refractivity contribution in [3.8, 4) is 0 Å². The van der Waals surface area contributed by atoms with Crippen molar-refractivity contribution in [3.05, 3.63) is 40.2 Å². The van der Waals surface area contributed by atoms with E-state index in [1.807, 2.05) is 9.80 Å². The Bertz CT molecular complexity index is 1160. The number of benzene rings is 1. The van der Waals surface area contributed by atoms with Crippen molar-refractivity contribution in [2.75, 3.05) is 40.6 Å². The maximum atomic E-state index is 12.4. The van der Waals surface area contributed by atoms with Gasteiger partial charge in [-0.15, -0.1) is 0 Å². The number of hydrogen-bond donors (Lipinski definition) is 6. The van der Waals surface area contributed by atoms with Crippen molar-refractivity contribution in [2.24, 2.45) is 0 Å². The molecule has 0 saturated carbocycles. The Morgan fingerprint density at radius 3 is 2.59 bits per heavy atom. The van der Waals surface area contributed by atoms with Gasteiger partial charge in [0.25, 0.3) is 11.5 Å². The number of carbonyl (C=O) groups is 3. The topological polar surface area (TPSA) is 194 Å². The van der Waals surface area contributed by atoms with E-state index in [9.17, 15) is 24.3 Å². The predicted octanol–water partition coefficient (Wildman–Crippen LogP) is -0.903. The van der Waals surface area contributed by atoms with Gasteiger partial charge in [0.15, 0.2) is 5.82 Å². The molecule has 1 aromatic carbocycles. The van der Waals surface area contributed by atoms with Crippen molar-refractivity contribution in [3.63, 3.8) is 0 Å². The number of anilines is 4. The number of aromatic nitrogens is 2. The van der Waals surface area contributed by atoms with Gasteiger partial charge in [0.1, 0.15) is 11.7 Å². The van der Waals surface area contributed by atoms with Crippen LogP contribution in [-0.2, 0) is 9.59 Å². The van der Waals surface area contributed by atoms with Gasteiger partial charge < -0.3 is 36.4 Å². The first-order chi connectivity index (χ1) is 15.7. The second kappa shape index (κ2) is 10.3. The third kappa shape index (κ3) is 5.26. The molecule has 3 heterocycles. The maximum Gasteiger partial charge on any atom is 0.326 e. The second-order valence-electron chi connectivity index (χ2n) is 7.86. The third-order valence-corrected chi connectivity index (χ3v) is 5.65. The molecule has 0 aliphatic carbocycles. The van der Waals surface area contributed by atoms with Crippen molar-refractivity contribution >= 4 is 70.5 Å². The molecule has 0 spiro atoms. The number of carboxylic acids is 2. The zero-order chi connectivity index (χ0) is 23.7. The second-order valence-corrected chi connectivity index (χ2v) is 7.86. The average Bonchev–Trinajstić information content (AvgIpc) is 3.20. The van der Waals surface area contributed by atoms with E-state index in [4.69, 9.17) is 10.8 Å². The Hall–Kier alpha value is -3.29. The van der Waals surface area contributed by atoms with Crippen LogP contribution in [0.1, 0.15) is 23.2 Å². The Balaban J connectivity index is 0.00000324. The van der Waals surface area contributed by atoms with E-state index in [1.165, 1.54) is 0 Å². The average molecular weight is 480 g/mol. The molecule has 0 bridgehead atoms. The molecule has 1 radical (unpaired) electrons. The number of fused-ring (bicyclic) bond motifs is 3. The summed E-state index contributed by atoms with van der Waals surface area (Å²) in [5, 5.41) is 23.4. The molecule has 7 N–H and O–H groups in total. The summed E-state index contributed by atoms with van der Waals surface area (Å²) in [5.74, 6) is -2.55. The molecular weight excluding hydrogens is 457 g/mol. The van der Waals surface area contributed by atoms with E-state index < -0.39 is 23.9 Å². The first-order valence-corrected chi connectivity index (χ1v) is 10.2. The number of nitrogen functional groups attached to an aromatic ring is 1. The molecule has 175 valence electrons. The summed E-state index contributed by atoms with van der Waals surface area (Å²) in [4.78, 5) is 57.5. The molecule has 13 nitrogen and oxygen atoms in total. The summed E-state index contributed by atoms with van der Waals surface area (Å²) in [6.45, 7) is 1.67. The van der Waals surface area contributed by atoms with Crippen molar-refractivity contribution < 1.29 is 24.6 Å². The van der Waals surface area contributed by atoms with E-state index in [2.05, 4.69) is 20.6 Å². The normalized spacial score (nSPS) is 17.0. The standard InChI is InChI=1S/C20H23N7O6.Na/c21-20-24-16-15(18(31)25-20)27-9-26(8-12(27)7-22-16)11-3-1-10(2-4-11)17(30)23-13(19(32)33)5-6-14(28)29;/h1-4,12-13H,5-9H2,(H,23,30)(H,28,29)(H,32,33)(H4,21,22,24,25,31);/t12?,13-;/m0./s1. The summed E-state index contributed by atoms with van der Waals surface area (Å²) in [7, 11) is 0. The Labute approximate surface area is 215 Å².